The first-order valence-electron chi connectivity index (χ1n) is 6.42. The Bertz CT molecular complexity index is 443. The van der Waals surface area contributed by atoms with E-state index < -0.39 is 0 Å². The quantitative estimate of drug-likeness (QED) is 0.855. The lowest BCUT2D eigenvalue weighted by atomic mass is 10.0. The fraction of sp³-hybridized carbons (Fsp3) is 0.571. The zero-order valence-electron chi connectivity index (χ0n) is 11.1. The smallest absolute Gasteiger partial charge is 0.169 e. The van der Waals surface area contributed by atoms with Crippen LogP contribution in [-0.2, 0) is 0 Å². The third-order valence-corrected chi connectivity index (χ3v) is 3.55. The summed E-state index contributed by atoms with van der Waals surface area (Å²) < 4.78 is 4.96. The zero-order valence-corrected chi connectivity index (χ0v) is 11.9. The van der Waals surface area contributed by atoms with Crippen molar-refractivity contribution in [3.05, 3.63) is 18.2 Å². The third-order valence-electron chi connectivity index (χ3n) is 3.55. The van der Waals surface area contributed by atoms with E-state index in [1.165, 1.54) is 32.2 Å². The highest BCUT2D eigenvalue weighted by Crippen LogP contribution is 2.26. The maximum Gasteiger partial charge on any atom is 0.169 e. The number of furan rings is 2. The topological polar surface area (TPSA) is 36.6 Å². The number of phenols is 1. The van der Waals surface area contributed by atoms with Crippen molar-refractivity contribution >= 4 is 23.6 Å². The molecule has 18 heavy (non-hydrogen) atoms. The number of piperidine rings is 1. The maximum absolute atomic E-state index is 8.85. The van der Waals surface area contributed by atoms with Crippen molar-refractivity contribution < 1.29 is 9.52 Å². The van der Waals surface area contributed by atoms with Gasteiger partial charge in [0.25, 0.3) is 0 Å². The summed E-state index contributed by atoms with van der Waals surface area (Å²) in [5.74, 6) is 0.238. The molecule has 2 bridgehead atoms. The molecular formula is C14H22ClNO2. The van der Waals surface area contributed by atoms with Crippen molar-refractivity contribution in [1.82, 2.24) is 4.90 Å². The number of hydrogen-bond acceptors (Lipinski definition) is 3. The van der Waals surface area contributed by atoms with E-state index in [2.05, 4.69) is 18.9 Å². The number of nitrogens with zero attached hydrogens (tertiary/aromatic N) is 1. The Balaban J connectivity index is 0.000000171. The van der Waals surface area contributed by atoms with Gasteiger partial charge in [-0.15, -0.1) is 12.4 Å². The monoisotopic (exact) mass is 271 g/mol. The summed E-state index contributed by atoms with van der Waals surface area (Å²) in [5, 5.41) is 8.85. The van der Waals surface area contributed by atoms with E-state index >= 15 is 0 Å². The Morgan fingerprint density at radius 2 is 2.17 bits per heavy atom. The van der Waals surface area contributed by atoms with Gasteiger partial charge in [-0.2, -0.15) is 0 Å². The molecule has 1 atom stereocenters. The molecule has 2 aromatic rings. The molecule has 3 rings (SSSR count). The number of benzene rings is 1. The molecule has 0 aliphatic carbocycles. The molecule has 0 spiro atoms. The van der Waals surface area contributed by atoms with Crippen LogP contribution in [0.4, 0.5) is 0 Å². The molecule has 1 aliphatic rings. The van der Waals surface area contributed by atoms with Crippen molar-refractivity contribution in [3.63, 3.8) is 0 Å². The Kier molecular flexibility index (Phi) is 5.76. The van der Waals surface area contributed by atoms with E-state index in [0.29, 0.717) is 5.58 Å². The minimum Gasteiger partial charge on any atom is -0.504 e. The normalized spacial score (nSPS) is 20.2. The third kappa shape index (κ3) is 3.53. The summed E-state index contributed by atoms with van der Waals surface area (Å²) in [7, 11) is 2.24. The molecule has 1 fully saturated rings. The van der Waals surface area contributed by atoms with Crippen molar-refractivity contribution in [2.24, 2.45) is 0 Å². The number of fused-ring (bicyclic) bond motifs is 2. The Morgan fingerprint density at radius 1 is 1.39 bits per heavy atom. The summed E-state index contributed by atoms with van der Waals surface area (Å²) in [6.45, 7) is 3.60. The van der Waals surface area contributed by atoms with Gasteiger partial charge in [0.15, 0.2) is 11.3 Å². The second-order valence-electron chi connectivity index (χ2n) is 4.77. The SMILES string of the molecule is CCC1CCCCN1C.Cl.Oc1cc2ccc1o2. The van der Waals surface area contributed by atoms with Gasteiger partial charge in [-0.3, -0.25) is 0 Å². The first-order chi connectivity index (χ1) is 8.20. The summed E-state index contributed by atoms with van der Waals surface area (Å²) in [4.78, 5) is 2.49. The number of halogens is 1. The molecule has 0 radical (unpaired) electrons. The lowest BCUT2D eigenvalue weighted by Gasteiger charge is -2.31. The fourth-order valence-corrected chi connectivity index (χ4v) is 2.43. The van der Waals surface area contributed by atoms with Crippen LogP contribution < -0.4 is 0 Å². The van der Waals surface area contributed by atoms with E-state index in [4.69, 9.17) is 9.52 Å². The lowest BCUT2D eigenvalue weighted by Crippen LogP contribution is -2.35. The molecule has 1 N–H and O–H groups in total. The average Bonchev–Trinajstić information content (AvgIpc) is 2.92. The molecule has 3 nitrogen and oxygen atoms in total. The molecule has 102 valence electrons. The van der Waals surface area contributed by atoms with Gasteiger partial charge < -0.3 is 14.4 Å². The highest BCUT2D eigenvalue weighted by molar-refractivity contribution is 5.85. The molecule has 1 unspecified atom stereocenters. The number of aromatic hydroxyl groups is 1. The highest BCUT2D eigenvalue weighted by atomic mass is 35.5. The second-order valence-corrected chi connectivity index (χ2v) is 4.77. The van der Waals surface area contributed by atoms with Gasteiger partial charge in [-0.1, -0.05) is 13.3 Å². The van der Waals surface area contributed by atoms with Crippen LogP contribution in [0, 0.1) is 0 Å². The Morgan fingerprint density at radius 3 is 2.50 bits per heavy atom. The fourth-order valence-electron chi connectivity index (χ4n) is 2.43. The van der Waals surface area contributed by atoms with Crippen LogP contribution >= 0.6 is 12.4 Å². The number of hydrogen-bond donors (Lipinski definition) is 1. The highest BCUT2D eigenvalue weighted by Gasteiger charge is 2.15. The van der Waals surface area contributed by atoms with Crippen molar-refractivity contribution in [1.29, 1.82) is 0 Å². The van der Waals surface area contributed by atoms with Gasteiger partial charge >= 0.3 is 0 Å². The Hall–Kier alpha value is -0.930. The summed E-state index contributed by atoms with van der Waals surface area (Å²) in [5.41, 5.74) is 1.30. The molecule has 2 aromatic heterocycles. The van der Waals surface area contributed by atoms with Crippen molar-refractivity contribution in [3.8, 4) is 5.75 Å². The number of rotatable bonds is 1. The standard InChI is InChI=1S/C8H17N.C6H4O2.ClH/c1-3-8-6-4-5-7-9(8)2;7-5-3-4-1-2-6(5)8-4;/h8H,3-7H2,1-2H3;1-3,7H;1H. The van der Waals surface area contributed by atoms with Crippen LogP contribution in [0.15, 0.2) is 22.6 Å². The van der Waals surface area contributed by atoms with Crippen LogP contribution in [0.2, 0.25) is 0 Å². The van der Waals surface area contributed by atoms with Crippen molar-refractivity contribution in [2.75, 3.05) is 13.6 Å². The van der Waals surface area contributed by atoms with E-state index in [-0.39, 0.29) is 18.2 Å². The van der Waals surface area contributed by atoms with Crippen molar-refractivity contribution in [2.45, 2.75) is 38.6 Å². The molecule has 4 heteroatoms. The zero-order chi connectivity index (χ0) is 12.3. The largest absolute Gasteiger partial charge is 0.504 e. The molecule has 3 heterocycles. The van der Waals surface area contributed by atoms with Gasteiger partial charge in [0.05, 0.1) is 0 Å². The Labute approximate surface area is 115 Å². The molecule has 1 aliphatic heterocycles. The first-order valence-corrected chi connectivity index (χ1v) is 6.42. The van der Waals surface area contributed by atoms with Gasteiger partial charge in [-0.25, -0.2) is 0 Å². The first kappa shape index (κ1) is 15.1. The summed E-state index contributed by atoms with van der Waals surface area (Å²) >= 11 is 0. The predicted molar refractivity (Wildman–Crippen MR) is 76.9 cm³/mol. The van der Waals surface area contributed by atoms with Crippen LogP contribution in [0.1, 0.15) is 32.6 Å². The van der Waals surface area contributed by atoms with Crippen LogP contribution in [0.25, 0.3) is 11.2 Å². The molecule has 0 amide bonds. The average molecular weight is 272 g/mol. The van der Waals surface area contributed by atoms with Gasteiger partial charge in [0.1, 0.15) is 5.58 Å². The van der Waals surface area contributed by atoms with Gasteiger partial charge in [0.2, 0.25) is 0 Å². The maximum atomic E-state index is 8.85. The molecule has 0 saturated carbocycles. The van der Waals surface area contributed by atoms with Crippen LogP contribution in [-0.4, -0.2) is 29.6 Å². The summed E-state index contributed by atoms with van der Waals surface area (Å²) in [6, 6.07) is 6.04. The molecular weight excluding hydrogens is 250 g/mol. The van der Waals surface area contributed by atoms with E-state index in [9.17, 15) is 0 Å². The van der Waals surface area contributed by atoms with Gasteiger partial charge in [0, 0.05) is 12.1 Å². The van der Waals surface area contributed by atoms with Crippen LogP contribution in [0.5, 0.6) is 5.75 Å². The van der Waals surface area contributed by atoms with Gasteiger partial charge in [-0.05, 0) is 45.0 Å². The predicted octanol–water partition coefficient (Wildman–Crippen LogP) is 3.88. The number of likely N-dealkylation sites (tertiary alicyclic amines) is 1. The number of phenolic OH excluding ortho intramolecular Hbond substituents is 1. The van der Waals surface area contributed by atoms with Crippen LogP contribution in [0.3, 0.4) is 0 Å². The van der Waals surface area contributed by atoms with E-state index in [1.807, 2.05) is 6.07 Å². The second kappa shape index (κ2) is 6.86. The minimum absolute atomic E-state index is 0. The molecule has 0 aromatic carbocycles. The summed E-state index contributed by atoms with van der Waals surface area (Å²) in [6.07, 6.45) is 5.61. The van der Waals surface area contributed by atoms with E-state index in [0.717, 1.165) is 11.6 Å². The van der Waals surface area contributed by atoms with E-state index in [1.54, 1.807) is 12.1 Å². The molecule has 1 saturated heterocycles. The minimum atomic E-state index is 0. The lowest BCUT2D eigenvalue weighted by molar-refractivity contribution is 0.181.